The minimum Gasteiger partial charge on any atom is -0.379 e. The molecule has 2 aromatic rings. The highest BCUT2D eigenvalue weighted by atomic mass is 35.5. The van der Waals surface area contributed by atoms with Gasteiger partial charge in [-0.1, -0.05) is 44.1 Å². The van der Waals surface area contributed by atoms with Crippen LogP contribution in [0.4, 0.5) is 10.2 Å². The molecule has 1 saturated heterocycles. The molecule has 2 aliphatic heterocycles. The molecule has 1 fully saturated rings. The first-order valence-electron chi connectivity index (χ1n) is 9.64. The number of pyridine rings is 1. The van der Waals surface area contributed by atoms with Crippen molar-refractivity contribution in [3.8, 4) is 0 Å². The van der Waals surface area contributed by atoms with Crippen molar-refractivity contribution in [1.82, 2.24) is 15.0 Å². The maximum absolute atomic E-state index is 14.7. The van der Waals surface area contributed by atoms with E-state index in [1.54, 1.807) is 0 Å². The van der Waals surface area contributed by atoms with Crippen LogP contribution in [0.1, 0.15) is 46.2 Å². The van der Waals surface area contributed by atoms with E-state index in [4.69, 9.17) is 21.3 Å². The standard InChI is InChI=1S/C17H20ClFN4OS.C2H6/c1-3-25-17-21-14-12-11(20-15(18)13(14)19)5-4-10-8-24-7-6-9(2)23(10)16(12)22-17;1-2/h9-10H,3-8H2,1-2H3;1-2H3. The number of rotatable bonds is 2. The van der Waals surface area contributed by atoms with E-state index in [0.717, 1.165) is 36.7 Å². The molecule has 0 radical (unpaired) electrons. The van der Waals surface area contributed by atoms with Gasteiger partial charge >= 0.3 is 0 Å². The molecule has 2 aliphatic rings. The molecule has 5 nitrogen and oxygen atoms in total. The summed E-state index contributed by atoms with van der Waals surface area (Å²) in [6.07, 6.45) is 2.50. The predicted molar refractivity (Wildman–Crippen MR) is 110 cm³/mol. The van der Waals surface area contributed by atoms with E-state index in [1.165, 1.54) is 11.8 Å². The zero-order valence-corrected chi connectivity index (χ0v) is 17.8. The molecule has 0 bridgehead atoms. The zero-order chi connectivity index (χ0) is 19.6. The maximum Gasteiger partial charge on any atom is 0.190 e. The van der Waals surface area contributed by atoms with E-state index in [2.05, 4.69) is 21.8 Å². The number of ether oxygens (including phenoxy) is 1. The summed E-state index contributed by atoms with van der Waals surface area (Å²) in [7, 11) is 0. The summed E-state index contributed by atoms with van der Waals surface area (Å²) < 4.78 is 20.5. The molecule has 0 aliphatic carbocycles. The van der Waals surface area contributed by atoms with Crippen LogP contribution >= 0.6 is 23.4 Å². The second-order valence-electron chi connectivity index (χ2n) is 6.46. The summed E-state index contributed by atoms with van der Waals surface area (Å²) in [4.78, 5) is 15.9. The zero-order valence-electron chi connectivity index (χ0n) is 16.3. The molecule has 2 unspecified atom stereocenters. The number of thioether (sulfide) groups is 1. The number of hydrogen-bond acceptors (Lipinski definition) is 6. The Morgan fingerprint density at radius 2 is 2.04 bits per heavy atom. The van der Waals surface area contributed by atoms with Crippen molar-refractivity contribution in [2.45, 2.75) is 64.2 Å². The van der Waals surface area contributed by atoms with E-state index in [0.29, 0.717) is 23.6 Å². The minimum absolute atomic E-state index is 0.110. The Hall–Kier alpha value is -1.18. The molecule has 8 heteroatoms. The Bertz CT molecular complexity index is 822. The van der Waals surface area contributed by atoms with Gasteiger partial charge in [-0.05, 0) is 31.9 Å². The molecule has 148 valence electrons. The molecular formula is C19H26ClFN4OS. The summed E-state index contributed by atoms with van der Waals surface area (Å²) in [5, 5.41) is 1.18. The first-order chi connectivity index (χ1) is 13.1. The lowest BCUT2D eigenvalue weighted by molar-refractivity contribution is 0.131. The van der Waals surface area contributed by atoms with Crippen LogP contribution in [-0.2, 0) is 11.2 Å². The smallest absolute Gasteiger partial charge is 0.190 e. The van der Waals surface area contributed by atoms with Crippen molar-refractivity contribution in [1.29, 1.82) is 0 Å². The maximum atomic E-state index is 14.7. The third-order valence-corrected chi connectivity index (χ3v) is 5.85. The highest BCUT2D eigenvalue weighted by molar-refractivity contribution is 7.99. The normalized spacial score (nSPS) is 21.8. The van der Waals surface area contributed by atoms with Crippen LogP contribution in [0.25, 0.3) is 10.9 Å². The Morgan fingerprint density at radius 3 is 2.78 bits per heavy atom. The number of aromatic nitrogens is 3. The van der Waals surface area contributed by atoms with Gasteiger partial charge in [-0.3, -0.25) is 0 Å². The van der Waals surface area contributed by atoms with Crippen molar-refractivity contribution < 1.29 is 9.13 Å². The molecule has 27 heavy (non-hydrogen) atoms. The van der Waals surface area contributed by atoms with Crippen molar-refractivity contribution >= 4 is 40.1 Å². The Kier molecular flexibility index (Phi) is 6.76. The predicted octanol–water partition coefficient (Wildman–Crippen LogP) is 4.89. The van der Waals surface area contributed by atoms with Crippen LogP contribution < -0.4 is 4.90 Å². The van der Waals surface area contributed by atoms with Gasteiger partial charge in [0.05, 0.1) is 23.7 Å². The molecule has 4 rings (SSSR count). The first kappa shape index (κ1) is 20.6. The third-order valence-electron chi connectivity index (χ3n) is 4.87. The second kappa shape index (κ2) is 8.88. The average Bonchev–Trinajstić information content (AvgIpc) is 2.94. The number of nitrogens with zero attached hydrogens (tertiary/aromatic N) is 4. The summed E-state index contributed by atoms with van der Waals surface area (Å²) >= 11 is 7.55. The van der Waals surface area contributed by atoms with E-state index >= 15 is 0 Å². The Morgan fingerprint density at radius 1 is 1.26 bits per heavy atom. The monoisotopic (exact) mass is 412 g/mol. The van der Waals surface area contributed by atoms with Gasteiger partial charge in [0.15, 0.2) is 16.1 Å². The van der Waals surface area contributed by atoms with Gasteiger partial charge in [0.25, 0.3) is 0 Å². The molecule has 2 atom stereocenters. The minimum atomic E-state index is -0.556. The van der Waals surface area contributed by atoms with Crippen LogP contribution in [0.15, 0.2) is 5.16 Å². The number of anilines is 1. The van der Waals surface area contributed by atoms with Crippen molar-refractivity contribution in [3.63, 3.8) is 0 Å². The number of fused-ring (bicyclic) bond motifs is 2. The number of halogens is 2. The Labute approximate surface area is 169 Å². The van der Waals surface area contributed by atoms with Crippen molar-refractivity contribution in [2.75, 3.05) is 23.9 Å². The average molecular weight is 413 g/mol. The van der Waals surface area contributed by atoms with Gasteiger partial charge in [-0.2, -0.15) is 0 Å². The second-order valence-corrected chi connectivity index (χ2v) is 8.05. The van der Waals surface area contributed by atoms with Crippen LogP contribution in [-0.4, -0.2) is 46.0 Å². The van der Waals surface area contributed by atoms with E-state index in [1.807, 2.05) is 20.8 Å². The van der Waals surface area contributed by atoms with Gasteiger partial charge in [-0.25, -0.2) is 19.3 Å². The molecule has 0 amide bonds. The van der Waals surface area contributed by atoms with E-state index in [-0.39, 0.29) is 22.8 Å². The van der Waals surface area contributed by atoms with Crippen LogP contribution in [0.5, 0.6) is 0 Å². The topological polar surface area (TPSA) is 51.1 Å². The SMILES string of the molecule is CC.CCSc1nc2c3c(nc(Cl)c(F)c3n1)CCC1COCCC(C)N21. The molecule has 2 aromatic heterocycles. The van der Waals surface area contributed by atoms with Crippen LogP contribution in [0, 0.1) is 5.82 Å². The summed E-state index contributed by atoms with van der Waals surface area (Å²) in [5.41, 5.74) is 1.07. The molecular weight excluding hydrogens is 387 g/mol. The fraction of sp³-hybridized carbons (Fsp3) is 0.632. The third kappa shape index (κ3) is 3.87. The number of hydrogen-bond donors (Lipinski definition) is 0. The lowest BCUT2D eigenvalue weighted by Crippen LogP contribution is -2.43. The van der Waals surface area contributed by atoms with Gasteiger partial charge in [0, 0.05) is 12.6 Å². The van der Waals surface area contributed by atoms with E-state index in [9.17, 15) is 4.39 Å². The lowest BCUT2D eigenvalue weighted by atomic mass is 10.1. The summed E-state index contributed by atoms with van der Waals surface area (Å²) in [6, 6.07) is 0.459. The van der Waals surface area contributed by atoms with Gasteiger partial charge < -0.3 is 9.64 Å². The van der Waals surface area contributed by atoms with Crippen molar-refractivity contribution in [2.24, 2.45) is 0 Å². The fourth-order valence-electron chi connectivity index (χ4n) is 3.70. The number of aryl methyl sites for hydroxylation is 1. The fourth-order valence-corrected chi connectivity index (χ4v) is 4.45. The summed E-state index contributed by atoms with van der Waals surface area (Å²) in [5.74, 6) is 1.04. The molecule has 0 N–H and O–H groups in total. The van der Waals surface area contributed by atoms with Gasteiger partial charge in [0.1, 0.15) is 11.3 Å². The highest BCUT2D eigenvalue weighted by Crippen LogP contribution is 2.38. The van der Waals surface area contributed by atoms with Crippen LogP contribution in [0.3, 0.4) is 0 Å². The van der Waals surface area contributed by atoms with E-state index < -0.39 is 5.82 Å². The Balaban J connectivity index is 0.00000102. The molecule has 0 saturated carbocycles. The first-order valence-corrected chi connectivity index (χ1v) is 11.0. The molecule has 0 spiro atoms. The van der Waals surface area contributed by atoms with Crippen molar-refractivity contribution in [3.05, 3.63) is 16.7 Å². The lowest BCUT2D eigenvalue weighted by Gasteiger charge is -2.34. The van der Waals surface area contributed by atoms with Gasteiger partial charge in [-0.15, -0.1) is 0 Å². The molecule has 0 aromatic carbocycles. The van der Waals surface area contributed by atoms with Crippen LogP contribution in [0.2, 0.25) is 5.15 Å². The largest absolute Gasteiger partial charge is 0.379 e. The quantitative estimate of drug-likeness (QED) is 0.398. The molecule has 4 heterocycles. The summed E-state index contributed by atoms with van der Waals surface area (Å²) in [6.45, 7) is 9.59. The highest BCUT2D eigenvalue weighted by Gasteiger charge is 2.34. The van der Waals surface area contributed by atoms with Gasteiger partial charge in [0.2, 0.25) is 0 Å².